The number of piperidine rings is 1. The van der Waals surface area contributed by atoms with Crippen LogP contribution < -0.4 is 0 Å². The van der Waals surface area contributed by atoms with Crippen LogP contribution in [0.15, 0.2) is 0 Å². The van der Waals surface area contributed by atoms with Gasteiger partial charge in [0, 0.05) is 23.8 Å². The zero-order chi connectivity index (χ0) is 11.0. The van der Waals surface area contributed by atoms with E-state index in [-0.39, 0.29) is 5.41 Å². The van der Waals surface area contributed by atoms with Gasteiger partial charge in [-0.25, -0.2) is 0 Å². The zero-order valence-electron chi connectivity index (χ0n) is 8.96. The van der Waals surface area contributed by atoms with Crippen LogP contribution in [-0.2, 0) is 9.24 Å². The summed E-state index contributed by atoms with van der Waals surface area (Å²) in [4.78, 5) is 0. The van der Waals surface area contributed by atoms with Crippen molar-refractivity contribution in [1.82, 2.24) is 4.31 Å². The molecule has 84 valence electrons. The summed E-state index contributed by atoms with van der Waals surface area (Å²) in [7, 11) is 1.81. The molecule has 0 N–H and O–H groups in total. The summed E-state index contributed by atoms with van der Waals surface area (Å²) in [5.41, 5.74) is 0.153. The first-order valence-corrected chi connectivity index (χ1v) is 7.17. The van der Waals surface area contributed by atoms with Gasteiger partial charge >= 0.3 is 0 Å². The molecule has 1 saturated heterocycles. The SMILES string of the molecule is CC(C)(C)C1CCCN(S(=O)(=O)Cl)C1. The third-order valence-electron chi connectivity index (χ3n) is 2.92. The number of hydrogen-bond donors (Lipinski definition) is 0. The van der Waals surface area contributed by atoms with Crippen LogP contribution >= 0.6 is 10.7 Å². The summed E-state index contributed by atoms with van der Waals surface area (Å²) in [6.07, 6.45) is 2.00. The maximum atomic E-state index is 11.2. The van der Waals surface area contributed by atoms with Gasteiger partial charge in [-0.1, -0.05) is 20.8 Å². The van der Waals surface area contributed by atoms with Crippen LogP contribution in [0.1, 0.15) is 33.6 Å². The smallest absolute Gasteiger partial charge is 0.195 e. The van der Waals surface area contributed by atoms with Gasteiger partial charge in [0.05, 0.1) is 0 Å². The van der Waals surface area contributed by atoms with Gasteiger partial charge in [0.15, 0.2) is 0 Å². The first-order chi connectivity index (χ1) is 6.21. The second kappa shape index (κ2) is 3.99. The highest BCUT2D eigenvalue weighted by Gasteiger charge is 2.33. The average molecular weight is 240 g/mol. The summed E-state index contributed by atoms with van der Waals surface area (Å²) in [5, 5.41) is 0. The van der Waals surface area contributed by atoms with Crippen molar-refractivity contribution in [2.75, 3.05) is 13.1 Å². The average Bonchev–Trinajstić information content (AvgIpc) is 2.01. The van der Waals surface area contributed by atoms with E-state index in [2.05, 4.69) is 20.8 Å². The van der Waals surface area contributed by atoms with E-state index in [4.69, 9.17) is 10.7 Å². The van der Waals surface area contributed by atoms with E-state index in [1.54, 1.807) is 0 Å². The molecular formula is C9H18ClNO2S. The molecule has 0 aromatic rings. The van der Waals surface area contributed by atoms with Gasteiger partial charge in [0.1, 0.15) is 0 Å². The van der Waals surface area contributed by atoms with Gasteiger partial charge in [0.25, 0.3) is 9.24 Å². The minimum absolute atomic E-state index is 0.153. The molecule has 0 radical (unpaired) electrons. The summed E-state index contributed by atoms with van der Waals surface area (Å²) in [6.45, 7) is 7.56. The van der Waals surface area contributed by atoms with Crippen LogP contribution in [-0.4, -0.2) is 25.8 Å². The molecule has 3 nitrogen and oxygen atoms in total. The topological polar surface area (TPSA) is 37.4 Å². The van der Waals surface area contributed by atoms with E-state index in [0.717, 1.165) is 12.8 Å². The Morgan fingerprint density at radius 3 is 2.36 bits per heavy atom. The molecule has 1 rings (SSSR count). The zero-order valence-corrected chi connectivity index (χ0v) is 10.5. The van der Waals surface area contributed by atoms with Crippen molar-refractivity contribution in [2.45, 2.75) is 33.6 Å². The Balaban J connectivity index is 2.71. The molecule has 1 heterocycles. The molecule has 1 unspecified atom stereocenters. The summed E-state index contributed by atoms with van der Waals surface area (Å²) in [6, 6.07) is 0. The molecule has 14 heavy (non-hydrogen) atoms. The fraction of sp³-hybridized carbons (Fsp3) is 1.00. The van der Waals surface area contributed by atoms with Gasteiger partial charge in [-0.3, -0.25) is 0 Å². The third kappa shape index (κ3) is 3.11. The van der Waals surface area contributed by atoms with Gasteiger partial charge in [0.2, 0.25) is 0 Å². The molecule has 0 aromatic heterocycles. The van der Waals surface area contributed by atoms with E-state index in [1.807, 2.05) is 0 Å². The Hall–Kier alpha value is 0.200. The van der Waals surface area contributed by atoms with Gasteiger partial charge < -0.3 is 0 Å². The van der Waals surface area contributed by atoms with E-state index < -0.39 is 9.24 Å². The van der Waals surface area contributed by atoms with E-state index in [0.29, 0.717) is 19.0 Å². The first-order valence-electron chi connectivity index (χ1n) is 4.91. The normalized spacial score (nSPS) is 26.4. The predicted octanol–water partition coefficient (Wildman–Crippen LogP) is 2.23. The maximum absolute atomic E-state index is 11.2. The van der Waals surface area contributed by atoms with Gasteiger partial charge in [-0.15, -0.1) is 0 Å². The quantitative estimate of drug-likeness (QED) is 0.658. The molecule has 5 heteroatoms. The highest BCUT2D eigenvalue weighted by atomic mass is 35.7. The molecule has 0 saturated carbocycles. The molecule has 1 aliphatic heterocycles. The molecule has 1 aliphatic rings. The van der Waals surface area contributed by atoms with Crippen LogP contribution in [0.25, 0.3) is 0 Å². The summed E-state index contributed by atoms with van der Waals surface area (Å²) >= 11 is 0. The Kier molecular flexibility index (Phi) is 3.49. The van der Waals surface area contributed by atoms with Crippen LogP contribution in [0.4, 0.5) is 0 Å². The van der Waals surface area contributed by atoms with Crippen molar-refractivity contribution < 1.29 is 8.42 Å². The van der Waals surface area contributed by atoms with Crippen molar-refractivity contribution in [1.29, 1.82) is 0 Å². The Morgan fingerprint density at radius 2 is 1.93 bits per heavy atom. The largest absolute Gasteiger partial charge is 0.299 e. The third-order valence-corrected chi connectivity index (χ3v) is 4.45. The first kappa shape index (κ1) is 12.3. The highest BCUT2D eigenvalue weighted by molar-refractivity contribution is 8.11. The number of halogens is 1. The standard InChI is InChI=1S/C9H18ClNO2S/c1-9(2,3)8-5-4-6-11(7-8)14(10,12)13/h8H,4-7H2,1-3H3. The van der Waals surface area contributed by atoms with Crippen LogP contribution in [0.2, 0.25) is 0 Å². The lowest BCUT2D eigenvalue weighted by Gasteiger charge is -2.37. The molecule has 0 aromatic carbocycles. The molecule has 1 fully saturated rings. The second-order valence-corrected chi connectivity index (χ2v) is 7.52. The highest BCUT2D eigenvalue weighted by Crippen LogP contribution is 2.34. The van der Waals surface area contributed by atoms with Crippen LogP contribution in [0.5, 0.6) is 0 Å². The van der Waals surface area contributed by atoms with Crippen molar-refractivity contribution in [3.8, 4) is 0 Å². The van der Waals surface area contributed by atoms with Gasteiger partial charge in [-0.2, -0.15) is 12.7 Å². The summed E-state index contributed by atoms with van der Waals surface area (Å²) in [5.74, 6) is 0.407. The fourth-order valence-corrected chi connectivity index (χ4v) is 2.93. The lowest BCUT2D eigenvalue weighted by atomic mass is 9.77. The van der Waals surface area contributed by atoms with Gasteiger partial charge in [-0.05, 0) is 24.2 Å². The van der Waals surface area contributed by atoms with Crippen LogP contribution in [0, 0.1) is 11.3 Å². The van der Waals surface area contributed by atoms with E-state index in [1.165, 1.54) is 4.31 Å². The molecule has 0 bridgehead atoms. The molecular weight excluding hydrogens is 222 g/mol. The Labute approximate surface area is 91.0 Å². The minimum Gasteiger partial charge on any atom is -0.195 e. The van der Waals surface area contributed by atoms with E-state index in [9.17, 15) is 8.42 Å². The van der Waals surface area contributed by atoms with Crippen molar-refractivity contribution >= 4 is 19.9 Å². The van der Waals surface area contributed by atoms with E-state index >= 15 is 0 Å². The Morgan fingerprint density at radius 1 is 1.36 bits per heavy atom. The predicted molar refractivity (Wildman–Crippen MR) is 58.5 cm³/mol. The fourth-order valence-electron chi connectivity index (χ4n) is 1.85. The number of nitrogens with zero attached hydrogens (tertiary/aromatic N) is 1. The van der Waals surface area contributed by atoms with Crippen LogP contribution in [0.3, 0.4) is 0 Å². The summed E-state index contributed by atoms with van der Waals surface area (Å²) < 4.78 is 23.7. The molecule has 0 amide bonds. The van der Waals surface area contributed by atoms with Crippen molar-refractivity contribution in [2.24, 2.45) is 11.3 Å². The maximum Gasteiger partial charge on any atom is 0.299 e. The lowest BCUT2D eigenvalue weighted by Crippen LogP contribution is -2.41. The van der Waals surface area contributed by atoms with Crippen molar-refractivity contribution in [3.63, 3.8) is 0 Å². The molecule has 1 atom stereocenters. The lowest BCUT2D eigenvalue weighted by molar-refractivity contribution is 0.149. The second-order valence-electron chi connectivity index (χ2n) is 5.01. The number of rotatable bonds is 1. The minimum atomic E-state index is -3.51. The Bertz CT molecular complexity index is 294. The molecule has 0 aliphatic carbocycles. The molecule has 0 spiro atoms. The van der Waals surface area contributed by atoms with Crippen molar-refractivity contribution in [3.05, 3.63) is 0 Å². The monoisotopic (exact) mass is 239 g/mol. The number of hydrogen-bond acceptors (Lipinski definition) is 2.